The van der Waals surface area contributed by atoms with Gasteiger partial charge in [0, 0.05) is 12.8 Å². The van der Waals surface area contributed by atoms with Gasteiger partial charge in [-0.2, -0.15) is 0 Å². The molecule has 0 spiro atoms. The highest BCUT2D eigenvalue weighted by atomic mass is 31.2. The number of carbonyl (C=O) groups excluding carboxylic acids is 2. The van der Waals surface area contributed by atoms with Crippen molar-refractivity contribution < 1.29 is 42.1 Å². The van der Waals surface area contributed by atoms with E-state index in [1.54, 1.807) is 0 Å². The van der Waals surface area contributed by atoms with Crippen LogP contribution in [0.4, 0.5) is 0 Å². The SMILES string of the molecule is CC/C=C\C/C=C\C/C=C\C/C=C\C/C=C\C/C=C\C/C=C\C/C=C\C/C=C\CCCCCC(=O)OC(COC(=O)CCCCCCCCCCCCCCCCCCC)COP(=O)(O)OCC[N+](C)(C)C. The number of carbonyl (C=O) groups is 2. The van der Waals surface area contributed by atoms with Crippen LogP contribution in [0.5, 0.6) is 0 Å². The van der Waals surface area contributed by atoms with Crippen LogP contribution >= 0.6 is 7.82 Å². The highest BCUT2D eigenvalue weighted by Crippen LogP contribution is 2.43. The summed E-state index contributed by atoms with van der Waals surface area (Å²) in [5, 5.41) is 0. The molecule has 0 aromatic heterocycles. The fraction of sp³-hybridized carbons (Fsp3) is 0.677. The Kier molecular flexibility index (Phi) is 50.1. The molecule has 0 aromatic carbocycles. The molecule has 72 heavy (non-hydrogen) atoms. The number of likely N-dealkylation sites (N-methyl/N-ethyl adjacent to an activating group) is 1. The van der Waals surface area contributed by atoms with E-state index in [1.807, 2.05) is 21.1 Å². The molecule has 0 amide bonds. The zero-order valence-electron chi connectivity index (χ0n) is 46.6. The van der Waals surface area contributed by atoms with Crippen LogP contribution in [0.3, 0.4) is 0 Å². The molecule has 9 nitrogen and oxygen atoms in total. The lowest BCUT2D eigenvalue weighted by Crippen LogP contribution is -2.37. The number of rotatable bonds is 51. The van der Waals surface area contributed by atoms with Crippen LogP contribution in [0.25, 0.3) is 0 Å². The zero-order chi connectivity index (χ0) is 52.7. The summed E-state index contributed by atoms with van der Waals surface area (Å²) < 4.78 is 34.5. The van der Waals surface area contributed by atoms with Gasteiger partial charge >= 0.3 is 19.8 Å². The van der Waals surface area contributed by atoms with Crippen molar-refractivity contribution in [2.75, 3.05) is 47.5 Å². The minimum Gasteiger partial charge on any atom is -0.462 e. The van der Waals surface area contributed by atoms with E-state index in [1.165, 1.54) is 89.9 Å². The van der Waals surface area contributed by atoms with E-state index in [9.17, 15) is 19.0 Å². The van der Waals surface area contributed by atoms with Crippen LogP contribution < -0.4 is 0 Å². The lowest BCUT2D eigenvalue weighted by atomic mass is 10.0. The number of ether oxygens (including phenoxy) is 2. The molecule has 1 N–H and O–H groups in total. The third kappa shape index (κ3) is 56.0. The first-order valence-electron chi connectivity index (χ1n) is 28.6. The van der Waals surface area contributed by atoms with Gasteiger partial charge in [0.15, 0.2) is 6.10 Å². The van der Waals surface area contributed by atoms with E-state index in [2.05, 4.69) is 123 Å². The molecule has 0 rings (SSSR count). The molecule has 0 aliphatic carbocycles. The monoisotopic (exact) mass is 1020 g/mol. The van der Waals surface area contributed by atoms with Crippen LogP contribution in [0, 0.1) is 0 Å². The van der Waals surface area contributed by atoms with Gasteiger partial charge in [-0.05, 0) is 83.5 Å². The third-order valence-electron chi connectivity index (χ3n) is 11.8. The molecular formula is C62H107NO8P+. The van der Waals surface area contributed by atoms with Crippen molar-refractivity contribution in [2.24, 2.45) is 0 Å². The Morgan fingerprint density at radius 1 is 0.444 bits per heavy atom. The van der Waals surface area contributed by atoms with E-state index < -0.39 is 26.5 Å². The second-order valence-corrected chi connectivity index (χ2v) is 21.4. The molecule has 2 atom stereocenters. The Balaban J connectivity index is 4.28. The number of phosphoric acid groups is 1. The fourth-order valence-electron chi connectivity index (χ4n) is 7.42. The molecule has 10 heteroatoms. The number of phosphoric ester groups is 1. The first kappa shape index (κ1) is 68.7. The first-order valence-corrected chi connectivity index (χ1v) is 30.1. The summed E-state index contributed by atoms with van der Waals surface area (Å²) in [4.78, 5) is 35.6. The summed E-state index contributed by atoms with van der Waals surface area (Å²) in [5.74, 6) is -0.838. The number of allylic oxidation sites excluding steroid dienone is 18. The summed E-state index contributed by atoms with van der Waals surface area (Å²) in [6.45, 7) is 4.28. The normalized spacial score (nSPS) is 14.1. The second-order valence-electron chi connectivity index (χ2n) is 19.9. The fourth-order valence-corrected chi connectivity index (χ4v) is 8.16. The Bertz CT molecular complexity index is 1580. The number of hydrogen-bond acceptors (Lipinski definition) is 7. The van der Waals surface area contributed by atoms with Gasteiger partial charge < -0.3 is 18.9 Å². The zero-order valence-corrected chi connectivity index (χ0v) is 47.5. The molecule has 2 unspecified atom stereocenters. The maximum absolute atomic E-state index is 12.8. The maximum atomic E-state index is 12.8. The molecule has 0 heterocycles. The topological polar surface area (TPSA) is 108 Å². The number of hydrogen-bond donors (Lipinski definition) is 1. The van der Waals surface area contributed by atoms with Gasteiger partial charge in [-0.15, -0.1) is 0 Å². The smallest absolute Gasteiger partial charge is 0.462 e. The summed E-state index contributed by atoms with van der Waals surface area (Å²) in [6, 6.07) is 0. The standard InChI is InChI=1S/C62H106NO8P/c1-6-8-10-12-14-16-18-20-22-24-25-26-27-28-29-30-31-32-33-34-35-36-37-39-41-43-45-47-49-51-53-55-62(65)71-60(59-70-72(66,67)69-57-56-63(3,4)5)58-68-61(64)54-52-50-48-46-44-42-40-38-23-21-19-17-15-13-11-9-7-2/h8,10,14,16,20,22,25-26,28-29,31-32,34-35,37,39,43,45,60H,6-7,9,11-13,15,17-19,21,23-24,27,30,33,36,38,40-42,44,46-59H2,1-5H3/p+1/b10-8-,16-14-,22-20-,26-25-,29-28-,32-31-,35-34-,39-37-,45-43-. The summed E-state index contributed by atoms with van der Waals surface area (Å²) in [7, 11) is 1.44. The predicted octanol–water partition coefficient (Wildman–Crippen LogP) is 17.8. The molecule has 0 saturated heterocycles. The highest BCUT2D eigenvalue weighted by Gasteiger charge is 2.27. The molecule has 0 bridgehead atoms. The van der Waals surface area contributed by atoms with Crippen LogP contribution in [0.1, 0.15) is 219 Å². The lowest BCUT2D eigenvalue weighted by molar-refractivity contribution is -0.870. The van der Waals surface area contributed by atoms with Gasteiger partial charge in [-0.25, -0.2) is 4.57 Å². The summed E-state index contributed by atoms with van der Waals surface area (Å²) >= 11 is 0. The van der Waals surface area contributed by atoms with Gasteiger partial charge in [0.05, 0.1) is 27.7 Å². The average Bonchev–Trinajstić information content (AvgIpc) is 3.34. The van der Waals surface area contributed by atoms with Gasteiger partial charge in [0.2, 0.25) is 0 Å². The minimum absolute atomic E-state index is 0.0202. The van der Waals surface area contributed by atoms with E-state index in [0.29, 0.717) is 17.4 Å². The molecule has 0 aliphatic rings. The molecule has 0 saturated carbocycles. The Hall–Kier alpha value is -3.33. The molecule has 0 fully saturated rings. The van der Waals surface area contributed by atoms with Crippen LogP contribution in [0.2, 0.25) is 0 Å². The lowest BCUT2D eigenvalue weighted by Gasteiger charge is -2.24. The number of quaternary nitrogens is 1. The van der Waals surface area contributed by atoms with Crippen molar-refractivity contribution in [2.45, 2.75) is 225 Å². The Labute approximate surface area is 442 Å². The van der Waals surface area contributed by atoms with Crippen LogP contribution in [0.15, 0.2) is 109 Å². The van der Waals surface area contributed by atoms with Crippen molar-refractivity contribution in [3.63, 3.8) is 0 Å². The third-order valence-corrected chi connectivity index (χ3v) is 12.8. The van der Waals surface area contributed by atoms with Crippen molar-refractivity contribution >= 4 is 19.8 Å². The van der Waals surface area contributed by atoms with Crippen molar-refractivity contribution in [1.29, 1.82) is 0 Å². The summed E-state index contributed by atoms with van der Waals surface area (Å²) in [6.07, 6.45) is 73.0. The first-order chi connectivity index (χ1) is 35.0. The van der Waals surface area contributed by atoms with Gasteiger partial charge in [-0.3, -0.25) is 18.6 Å². The molecule has 0 aromatic rings. The Morgan fingerprint density at radius 2 is 0.792 bits per heavy atom. The number of esters is 2. The average molecular weight is 1030 g/mol. The minimum atomic E-state index is -4.40. The molecule has 0 radical (unpaired) electrons. The van der Waals surface area contributed by atoms with E-state index in [0.717, 1.165) is 96.3 Å². The van der Waals surface area contributed by atoms with Gasteiger partial charge in [-0.1, -0.05) is 232 Å². The largest absolute Gasteiger partial charge is 0.472 e. The van der Waals surface area contributed by atoms with Crippen molar-refractivity contribution in [3.8, 4) is 0 Å². The number of nitrogens with zero attached hydrogens (tertiary/aromatic N) is 1. The quantitative estimate of drug-likeness (QED) is 0.0211. The molecular weight excluding hydrogens is 918 g/mol. The predicted molar refractivity (Wildman–Crippen MR) is 307 cm³/mol. The molecule has 412 valence electrons. The van der Waals surface area contributed by atoms with Crippen molar-refractivity contribution in [1.82, 2.24) is 0 Å². The van der Waals surface area contributed by atoms with E-state index >= 15 is 0 Å². The number of unbranched alkanes of at least 4 members (excludes halogenated alkanes) is 19. The van der Waals surface area contributed by atoms with Gasteiger partial charge in [0.1, 0.15) is 19.8 Å². The van der Waals surface area contributed by atoms with Crippen LogP contribution in [-0.2, 0) is 32.7 Å². The van der Waals surface area contributed by atoms with Gasteiger partial charge in [0.25, 0.3) is 0 Å². The van der Waals surface area contributed by atoms with E-state index in [4.69, 9.17) is 18.5 Å². The maximum Gasteiger partial charge on any atom is 0.472 e. The van der Waals surface area contributed by atoms with Crippen molar-refractivity contribution in [3.05, 3.63) is 109 Å². The molecule has 0 aliphatic heterocycles. The highest BCUT2D eigenvalue weighted by molar-refractivity contribution is 7.47. The van der Waals surface area contributed by atoms with Crippen LogP contribution in [-0.4, -0.2) is 74.9 Å². The van der Waals surface area contributed by atoms with E-state index in [-0.39, 0.29) is 32.0 Å². The summed E-state index contributed by atoms with van der Waals surface area (Å²) in [5.41, 5.74) is 0. The second kappa shape index (κ2) is 52.5. The Morgan fingerprint density at radius 3 is 1.18 bits per heavy atom.